The van der Waals surface area contributed by atoms with Crippen molar-refractivity contribution in [3.05, 3.63) is 0 Å². The van der Waals surface area contributed by atoms with Crippen molar-refractivity contribution in [2.45, 2.75) is 32.9 Å². The molecular formula is C7H14B2. The van der Waals surface area contributed by atoms with Gasteiger partial charge in [0.1, 0.15) is 0 Å². The Balaban J connectivity index is 4.01. The zero-order valence-electron chi connectivity index (χ0n) is 6.81. The van der Waals surface area contributed by atoms with E-state index in [-0.39, 0.29) is 0 Å². The average Bonchev–Trinajstić information content (AvgIpc) is 1.65. The molecule has 9 heavy (non-hydrogen) atoms. The van der Waals surface area contributed by atoms with Gasteiger partial charge in [0.15, 0.2) is 0 Å². The molecule has 0 fully saturated rings. The fraction of sp³-hybridized carbons (Fsp3) is 1.00. The summed E-state index contributed by atoms with van der Waals surface area (Å²) in [6, 6.07) is 0. The minimum atomic E-state index is -0.500. The van der Waals surface area contributed by atoms with E-state index in [1.54, 1.807) is 0 Å². The minimum Gasteiger partial charge on any atom is -0.0946 e. The molecule has 0 heterocycles. The molecule has 0 aromatic heterocycles. The van der Waals surface area contributed by atoms with E-state index < -0.39 is 5.21 Å². The second-order valence-corrected chi connectivity index (χ2v) is 3.31. The molecule has 0 amide bonds. The van der Waals surface area contributed by atoms with Gasteiger partial charge in [-0.15, -0.1) is 0 Å². The van der Waals surface area contributed by atoms with Crippen LogP contribution in [0.5, 0.6) is 0 Å². The summed E-state index contributed by atoms with van der Waals surface area (Å²) < 4.78 is 0. The van der Waals surface area contributed by atoms with Crippen LogP contribution >= 0.6 is 0 Å². The van der Waals surface area contributed by atoms with Crippen LogP contribution in [0.15, 0.2) is 0 Å². The minimum absolute atomic E-state index is 0.345. The molecule has 0 saturated heterocycles. The van der Waals surface area contributed by atoms with Crippen LogP contribution in [0.2, 0.25) is 5.21 Å². The first-order chi connectivity index (χ1) is 3.89. The number of rotatable bonds is 2. The SMILES string of the molecule is [B]C([B])(C(C)C)C(C)C. The van der Waals surface area contributed by atoms with E-state index in [1.807, 2.05) is 27.7 Å². The predicted molar refractivity (Wildman–Crippen MR) is 43.9 cm³/mol. The Morgan fingerprint density at radius 2 is 1.11 bits per heavy atom. The van der Waals surface area contributed by atoms with Gasteiger partial charge in [0.05, 0.1) is 15.7 Å². The molecule has 0 spiro atoms. The molecule has 0 aliphatic heterocycles. The van der Waals surface area contributed by atoms with Gasteiger partial charge in [0.25, 0.3) is 0 Å². The zero-order chi connectivity index (χ0) is 7.65. The van der Waals surface area contributed by atoms with E-state index in [0.29, 0.717) is 11.8 Å². The van der Waals surface area contributed by atoms with Gasteiger partial charge in [-0.3, -0.25) is 0 Å². The smallest absolute Gasteiger partial charge is 0.0627 e. The van der Waals surface area contributed by atoms with Crippen LogP contribution in [-0.4, -0.2) is 15.7 Å². The van der Waals surface area contributed by atoms with Crippen LogP contribution < -0.4 is 0 Å². The molecule has 0 N–H and O–H groups in total. The van der Waals surface area contributed by atoms with E-state index in [4.69, 9.17) is 15.7 Å². The highest BCUT2D eigenvalue weighted by Crippen LogP contribution is 2.35. The molecule has 0 bridgehead atoms. The van der Waals surface area contributed by atoms with E-state index >= 15 is 0 Å². The maximum atomic E-state index is 5.78. The van der Waals surface area contributed by atoms with Gasteiger partial charge in [-0.2, -0.15) is 0 Å². The average molecular weight is 120 g/mol. The molecule has 0 aromatic carbocycles. The maximum absolute atomic E-state index is 5.78. The third-order valence-corrected chi connectivity index (χ3v) is 2.00. The van der Waals surface area contributed by atoms with Crippen molar-refractivity contribution >= 4 is 15.7 Å². The first kappa shape index (κ1) is 9.13. The van der Waals surface area contributed by atoms with Gasteiger partial charge >= 0.3 is 0 Å². The highest BCUT2D eigenvalue weighted by molar-refractivity contribution is 6.40. The van der Waals surface area contributed by atoms with Crippen molar-refractivity contribution in [3.8, 4) is 0 Å². The highest BCUT2D eigenvalue weighted by atomic mass is 14.2. The van der Waals surface area contributed by atoms with Gasteiger partial charge in [0, 0.05) is 0 Å². The molecule has 0 rings (SSSR count). The molecule has 0 unspecified atom stereocenters. The Morgan fingerprint density at radius 3 is 1.11 bits per heavy atom. The van der Waals surface area contributed by atoms with Crippen LogP contribution in [0.4, 0.5) is 0 Å². The molecule has 0 saturated carbocycles. The van der Waals surface area contributed by atoms with Crippen molar-refractivity contribution < 1.29 is 0 Å². The van der Waals surface area contributed by atoms with Crippen molar-refractivity contribution in [2.24, 2.45) is 11.8 Å². The Kier molecular flexibility index (Phi) is 2.85. The van der Waals surface area contributed by atoms with Crippen LogP contribution in [0.3, 0.4) is 0 Å². The molecule has 2 heteroatoms. The monoisotopic (exact) mass is 120 g/mol. The molecule has 4 radical (unpaired) electrons. The summed E-state index contributed by atoms with van der Waals surface area (Å²) >= 11 is 0. The Bertz CT molecular complexity index is 74.9. The van der Waals surface area contributed by atoms with Crippen LogP contribution in [0, 0.1) is 11.8 Å². The lowest BCUT2D eigenvalue weighted by Crippen LogP contribution is -2.26. The van der Waals surface area contributed by atoms with E-state index in [9.17, 15) is 0 Å². The second-order valence-electron chi connectivity index (χ2n) is 3.31. The van der Waals surface area contributed by atoms with Crippen molar-refractivity contribution in [2.75, 3.05) is 0 Å². The lowest BCUT2D eigenvalue weighted by molar-refractivity contribution is 0.421. The summed E-state index contributed by atoms with van der Waals surface area (Å²) in [7, 11) is 11.6. The molecule has 0 nitrogen and oxygen atoms in total. The molecule has 0 atom stereocenters. The Morgan fingerprint density at radius 1 is 0.889 bits per heavy atom. The Labute approximate surface area is 61.2 Å². The zero-order valence-corrected chi connectivity index (χ0v) is 6.81. The normalized spacial score (nSPS) is 13.1. The number of hydrogen-bond donors (Lipinski definition) is 0. The summed E-state index contributed by atoms with van der Waals surface area (Å²) in [5.74, 6) is 0.690. The molecule has 0 aliphatic carbocycles. The van der Waals surface area contributed by atoms with Crippen molar-refractivity contribution in [1.82, 2.24) is 0 Å². The second kappa shape index (κ2) is 2.81. The summed E-state index contributed by atoms with van der Waals surface area (Å²) in [5.41, 5.74) is 0. The standard InChI is InChI=1S/C7H14B2/c1-5(2)7(8,9)6(3)4/h5-6H,1-4H3. The van der Waals surface area contributed by atoms with Crippen LogP contribution in [0.25, 0.3) is 0 Å². The first-order valence-electron chi connectivity index (χ1n) is 3.46. The lowest BCUT2D eigenvalue weighted by Gasteiger charge is -2.34. The van der Waals surface area contributed by atoms with Gasteiger partial charge in [0.2, 0.25) is 0 Å². The third-order valence-electron chi connectivity index (χ3n) is 2.00. The third kappa shape index (κ3) is 2.08. The Hall–Kier alpha value is 0.130. The van der Waals surface area contributed by atoms with Crippen LogP contribution in [-0.2, 0) is 0 Å². The lowest BCUT2D eigenvalue weighted by atomic mass is 9.44. The van der Waals surface area contributed by atoms with E-state index in [1.165, 1.54) is 0 Å². The summed E-state index contributed by atoms with van der Waals surface area (Å²) in [6.45, 7) is 8.17. The fourth-order valence-corrected chi connectivity index (χ4v) is 0.667. The predicted octanol–water partition coefficient (Wildman–Crippen LogP) is 1.75. The summed E-state index contributed by atoms with van der Waals surface area (Å²) in [5, 5.41) is -0.500. The summed E-state index contributed by atoms with van der Waals surface area (Å²) in [6.07, 6.45) is 0. The molecule has 0 aliphatic rings. The molecule has 48 valence electrons. The van der Waals surface area contributed by atoms with Gasteiger partial charge in [-0.1, -0.05) is 44.7 Å². The fourth-order valence-electron chi connectivity index (χ4n) is 0.667. The summed E-state index contributed by atoms with van der Waals surface area (Å²) in [4.78, 5) is 0. The maximum Gasteiger partial charge on any atom is 0.0627 e. The van der Waals surface area contributed by atoms with Crippen molar-refractivity contribution in [1.29, 1.82) is 0 Å². The number of hydrogen-bond acceptors (Lipinski definition) is 0. The molecule has 0 aromatic rings. The van der Waals surface area contributed by atoms with Gasteiger partial charge in [-0.25, -0.2) is 0 Å². The largest absolute Gasteiger partial charge is 0.0946 e. The quantitative estimate of drug-likeness (QED) is 0.486. The first-order valence-corrected chi connectivity index (χ1v) is 3.46. The van der Waals surface area contributed by atoms with Gasteiger partial charge in [-0.05, 0) is 0 Å². The van der Waals surface area contributed by atoms with Crippen molar-refractivity contribution in [3.63, 3.8) is 0 Å². The van der Waals surface area contributed by atoms with E-state index in [0.717, 1.165) is 0 Å². The molecular weight excluding hydrogens is 106 g/mol. The van der Waals surface area contributed by atoms with E-state index in [2.05, 4.69) is 0 Å². The van der Waals surface area contributed by atoms with Crippen LogP contribution in [0.1, 0.15) is 27.7 Å². The van der Waals surface area contributed by atoms with Gasteiger partial charge < -0.3 is 0 Å². The highest BCUT2D eigenvalue weighted by Gasteiger charge is 2.24. The topological polar surface area (TPSA) is 0 Å².